The minimum atomic E-state index is -0.694. The highest BCUT2D eigenvalue weighted by molar-refractivity contribution is 9.10. The highest BCUT2D eigenvalue weighted by atomic mass is 79.9. The molecule has 0 saturated carbocycles. The Bertz CT molecular complexity index is 393. The van der Waals surface area contributed by atoms with E-state index in [9.17, 15) is 9.90 Å². The Morgan fingerprint density at radius 2 is 2.50 bits per heavy atom. The fourth-order valence-corrected chi connectivity index (χ4v) is 3.72. The first-order valence-electron chi connectivity index (χ1n) is 5.27. The molecular formula is C11H14BrNO2S. The van der Waals surface area contributed by atoms with Crippen LogP contribution in [0.2, 0.25) is 0 Å². The molecule has 1 aromatic rings. The predicted molar refractivity (Wildman–Crippen MR) is 67.6 cm³/mol. The largest absolute Gasteiger partial charge is 0.480 e. The van der Waals surface area contributed by atoms with Gasteiger partial charge in [-0.2, -0.15) is 0 Å². The van der Waals surface area contributed by atoms with Gasteiger partial charge in [-0.25, -0.2) is 0 Å². The maximum Gasteiger partial charge on any atom is 0.321 e. The molecule has 2 heterocycles. The molecule has 1 aromatic heterocycles. The van der Waals surface area contributed by atoms with E-state index in [2.05, 4.69) is 26.9 Å². The first kappa shape index (κ1) is 12.1. The number of hydrogen-bond donors (Lipinski definition) is 1. The summed E-state index contributed by atoms with van der Waals surface area (Å²) in [5, 5.41) is 11.2. The maximum absolute atomic E-state index is 11.2. The molecule has 0 amide bonds. The van der Waals surface area contributed by atoms with Gasteiger partial charge in [0.05, 0.1) is 0 Å². The first-order valence-corrected chi connectivity index (χ1v) is 6.95. The van der Waals surface area contributed by atoms with Gasteiger partial charge >= 0.3 is 5.97 Å². The average Bonchev–Trinajstić information content (AvgIpc) is 2.74. The molecule has 0 bridgehead atoms. The van der Waals surface area contributed by atoms with Crippen LogP contribution >= 0.6 is 27.3 Å². The van der Waals surface area contributed by atoms with Crippen LogP contribution in [0, 0.1) is 5.92 Å². The van der Waals surface area contributed by atoms with Crippen LogP contribution in [0.4, 0.5) is 0 Å². The highest BCUT2D eigenvalue weighted by Gasteiger charge is 2.36. The van der Waals surface area contributed by atoms with E-state index in [0.29, 0.717) is 0 Å². The number of rotatable bonds is 3. The van der Waals surface area contributed by atoms with Gasteiger partial charge < -0.3 is 5.11 Å². The Morgan fingerprint density at radius 3 is 3.06 bits per heavy atom. The molecule has 2 unspecified atom stereocenters. The van der Waals surface area contributed by atoms with Gasteiger partial charge in [-0.3, -0.25) is 9.69 Å². The van der Waals surface area contributed by atoms with Crippen molar-refractivity contribution in [2.45, 2.75) is 25.9 Å². The normalized spacial score (nSPS) is 26.1. The number of thiophene rings is 1. The van der Waals surface area contributed by atoms with Crippen molar-refractivity contribution in [3.63, 3.8) is 0 Å². The van der Waals surface area contributed by atoms with Crippen LogP contribution in [0.25, 0.3) is 0 Å². The summed E-state index contributed by atoms with van der Waals surface area (Å²) in [5.41, 5.74) is 0. The number of carbonyl (C=O) groups is 1. The lowest BCUT2D eigenvalue weighted by atomic mass is 10.0. The van der Waals surface area contributed by atoms with Crippen molar-refractivity contribution in [2.24, 2.45) is 5.92 Å². The van der Waals surface area contributed by atoms with Gasteiger partial charge in [0.1, 0.15) is 6.04 Å². The predicted octanol–water partition coefficient (Wildman–Crippen LogP) is 2.81. The minimum Gasteiger partial charge on any atom is -0.480 e. The van der Waals surface area contributed by atoms with E-state index in [0.717, 1.165) is 24.0 Å². The second-order valence-corrected chi connectivity index (χ2v) is 6.16. The molecule has 5 heteroatoms. The molecule has 16 heavy (non-hydrogen) atoms. The van der Waals surface area contributed by atoms with Crippen molar-refractivity contribution in [2.75, 3.05) is 6.54 Å². The summed E-state index contributed by atoms with van der Waals surface area (Å²) in [4.78, 5) is 14.4. The third-order valence-electron chi connectivity index (χ3n) is 3.04. The highest BCUT2D eigenvalue weighted by Crippen LogP contribution is 2.28. The van der Waals surface area contributed by atoms with Gasteiger partial charge in [0.25, 0.3) is 0 Å². The van der Waals surface area contributed by atoms with Crippen LogP contribution in [0.15, 0.2) is 15.9 Å². The molecule has 88 valence electrons. The molecule has 0 spiro atoms. The molecule has 0 radical (unpaired) electrons. The second kappa shape index (κ2) is 4.85. The zero-order valence-electron chi connectivity index (χ0n) is 9.02. The zero-order valence-corrected chi connectivity index (χ0v) is 11.4. The number of carboxylic acid groups (broad SMARTS) is 1. The van der Waals surface area contributed by atoms with Gasteiger partial charge in [-0.1, -0.05) is 6.92 Å². The van der Waals surface area contributed by atoms with Crippen molar-refractivity contribution in [3.8, 4) is 0 Å². The lowest BCUT2D eigenvalue weighted by Gasteiger charge is -2.22. The Balaban J connectivity index is 2.07. The Kier molecular flexibility index (Phi) is 3.66. The third-order valence-corrected chi connectivity index (χ3v) is 4.72. The van der Waals surface area contributed by atoms with E-state index in [1.807, 2.05) is 12.3 Å². The smallest absolute Gasteiger partial charge is 0.321 e. The van der Waals surface area contributed by atoms with E-state index in [-0.39, 0.29) is 12.0 Å². The monoisotopic (exact) mass is 303 g/mol. The van der Waals surface area contributed by atoms with Gasteiger partial charge in [-0.15, -0.1) is 11.3 Å². The quantitative estimate of drug-likeness (QED) is 0.933. The van der Waals surface area contributed by atoms with Crippen molar-refractivity contribution in [1.82, 2.24) is 4.90 Å². The maximum atomic E-state index is 11.2. The molecule has 1 aliphatic heterocycles. The summed E-state index contributed by atoms with van der Waals surface area (Å²) in [7, 11) is 0. The fraction of sp³-hybridized carbons (Fsp3) is 0.545. The number of hydrogen-bond acceptors (Lipinski definition) is 3. The van der Waals surface area contributed by atoms with E-state index >= 15 is 0 Å². The summed E-state index contributed by atoms with van der Waals surface area (Å²) in [5.74, 6) is -0.443. The summed E-state index contributed by atoms with van der Waals surface area (Å²) in [6.45, 7) is 3.65. The lowest BCUT2D eigenvalue weighted by molar-refractivity contribution is -0.143. The minimum absolute atomic E-state index is 0.251. The van der Waals surface area contributed by atoms with Crippen molar-refractivity contribution < 1.29 is 9.90 Å². The average molecular weight is 304 g/mol. The number of halogens is 1. The topological polar surface area (TPSA) is 40.5 Å². The summed E-state index contributed by atoms with van der Waals surface area (Å²) in [6.07, 6.45) is 0.976. The molecule has 0 aromatic carbocycles. The summed E-state index contributed by atoms with van der Waals surface area (Å²) in [6, 6.07) is 1.74. The standard InChI is InChI=1S/C11H14BrNO2S/c1-7-2-3-13(10(7)11(14)15)5-9-4-8(12)6-16-9/h4,6-7,10H,2-3,5H2,1H3,(H,14,15). The van der Waals surface area contributed by atoms with Crippen LogP contribution in [0.1, 0.15) is 18.2 Å². The molecule has 1 N–H and O–H groups in total. The van der Waals surface area contributed by atoms with Gasteiger partial charge in [0.2, 0.25) is 0 Å². The molecule has 2 rings (SSSR count). The van der Waals surface area contributed by atoms with Gasteiger partial charge in [0, 0.05) is 21.3 Å². The van der Waals surface area contributed by atoms with Crippen LogP contribution < -0.4 is 0 Å². The molecular weight excluding hydrogens is 290 g/mol. The number of carboxylic acids is 1. The number of aliphatic carboxylic acids is 1. The molecule has 0 aliphatic carbocycles. The van der Waals surface area contributed by atoms with E-state index in [1.54, 1.807) is 11.3 Å². The molecule has 3 nitrogen and oxygen atoms in total. The van der Waals surface area contributed by atoms with Crippen LogP contribution in [0.5, 0.6) is 0 Å². The Labute approximate surface area is 107 Å². The van der Waals surface area contributed by atoms with Gasteiger partial charge in [-0.05, 0) is 40.9 Å². The zero-order chi connectivity index (χ0) is 11.7. The Morgan fingerprint density at radius 1 is 1.75 bits per heavy atom. The van der Waals surface area contributed by atoms with E-state index < -0.39 is 5.97 Å². The summed E-state index contributed by atoms with van der Waals surface area (Å²) < 4.78 is 1.08. The SMILES string of the molecule is CC1CCN(Cc2cc(Br)cs2)C1C(=O)O. The molecule has 2 atom stereocenters. The second-order valence-electron chi connectivity index (χ2n) is 4.25. The molecule has 1 fully saturated rings. The lowest BCUT2D eigenvalue weighted by Crippen LogP contribution is -2.38. The van der Waals surface area contributed by atoms with E-state index in [4.69, 9.17) is 0 Å². The molecule has 1 saturated heterocycles. The summed E-state index contributed by atoms with van der Waals surface area (Å²) >= 11 is 5.08. The van der Waals surface area contributed by atoms with Crippen LogP contribution in [-0.4, -0.2) is 28.6 Å². The van der Waals surface area contributed by atoms with Crippen molar-refractivity contribution >= 4 is 33.2 Å². The van der Waals surface area contributed by atoms with Crippen molar-refractivity contribution in [3.05, 3.63) is 20.8 Å². The van der Waals surface area contributed by atoms with Crippen LogP contribution in [0.3, 0.4) is 0 Å². The third kappa shape index (κ3) is 2.47. The number of nitrogens with zero attached hydrogens (tertiary/aromatic N) is 1. The number of likely N-dealkylation sites (tertiary alicyclic amines) is 1. The van der Waals surface area contributed by atoms with E-state index in [1.165, 1.54) is 4.88 Å². The van der Waals surface area contributed by atoms with Crippen LogP contribution in [-0.2, 0) is 11.3 Å². The Hall–Kier alpha value is -0.390. The van der Waals surface area contributed by atoms with Crippen molar-refractivity contribution in [1.29, 1.82) is 0 Å². The fourth-order valence-electron chi connectivity index (χ4n) is 2.24. The van der Waals surface area contributed by atoms with Gasteiger partial charge in [0.15, 0.2) is 0 Å². The first-order chi connectivity index (χ1) is 7.58. The molecule has 1 aliphatic rings.